The van der Waals surface area contributed by atoms with Crippen LogP contribution in [0.4, 0.5) is 0 Å². The maximum atomic E-state index is 12.3. The molecule has 0 unspecified atom stereocenters. The second-order valence-corrected chi connectivity index (χ2v) is 7.54. The van der Waals surface area contributed by atoms with Gasteiger partial charge in [0.25, 0.3) is 0 Å². The van der Waals surface area contributed by atoms with Gasteiger partial charge in [-0.3, -0.25) is 19.7 Å². The van der Waals surface area contributed by atoms with Crippen molar-refractivity contribution in [2.24, 2.45) is 5.92 Å². The first-order valence-corrected chi connectivity index (χ1v) is 8.66. The Morgan fingerprint density at radius 1 is 1.09 bits per heavy atom. The Bertz CT molecular complexity index is 855. The molecule has 3 heterocycles. The number of fused-ring (bicyclic) bond motifs is 2. The van der Waals surface area contributed by atoms with Gasteiger partial charge >= 0.3 is 4.87 Å². The van der Waals surface area contributed by atoms with E-state index in [0.717, 1.165) is 21.8 Å². The molecule has 2 aromatic rings. The van der Waals surface area contributed by atoms with Crippen molar-refractivity contribution in [1.29, 1.82) is 0 Å². The Balaban J connectivity index is 1.87. The summed E-state index contributed by atoms with van der Waals surface area (Å²) in [7, 11) is 1.58. The predicted octanol–water partition coefficient (Wildman–Crippen LogP) is 1.32. The summed E-state index contributed by atoms with van der Waals surface area (Å²) in [4.78, 5) is 39.5. The lowest BCUT2D eigenvalue weighted by Gasteiger charge is -2.29. The highest BCUT2D eigenvalue weighted by Gasteiger charge is 2.52. The van der Waals surface area contributed by atoms with Crippen LogP contribution >= 0.6 is 23.1 Å². The first-order valence-electron chi connectivity index (χ1n) is 6.97. The molecule has 1 aromatic heterocycles. The van der Waals surface area contributed by atoms with Gasteiger partial charge in [-0.15, -0.1) is 0 Å². The second kappa shape index (κ2) is 5.24. The summed E-state index contributed by atoms with van der Waals surface area (Å²) in [5, 5.41) is 2.59. The van der Waals surface area contributed by atoms with E-state index >= 15 is 0 Å². The number of methoxy groups -OCH3 is 1. The van der Waals surface area contributed by atoms with Crippen molar-refractivity contribution >= 4 is 34.9 Å². The van der Waals surface area contributed by atoms with E-state index in [-0.39, 0.29) is 22.6 Å². The summed E-state index contributed by atoms with van der Waals surface area (Å²) in [6, 6.07) is 7.38. The van der Waals surface area contributed by atoms with Gasteiger partial charge in [-0.1, -0.05) is 35.2 Å². The molecule has 118 valence electrons. The normalized spacial score (nSPS) is 25.7. The van der Waals surface area contributed by atoms with Gasteiger partial charge in [0.05, 0.1) is 18.1 Å². The minimum Gasteiger partial charge on any atom is -0.497 e. The molecule has 4 rings (SSSR count). The van der Waals surface area contributed by atoms with Crippen molar-refractivity contribution in [3.63, 3.8) is 0 Å². The minimum absolute atomic E-state index is 0.172. The summed E-state index contributed by atoms with van der Waals surface area (Å²) in [5.41, 5.74) is 0.891. The van der Waals surface area contributed by atoms with Crippen LogP contribution in [0.2, 0.25) is 0 Å². The Labute approximate surface area is 139 Å². The number of aromatic amines is 1. The number of carbonyl (C=O) groups is 2. The summed E-state index contributed by atoms with van der Waals surface area (Å²) < 4.78 is 5.16. The summed E-state index contributed by atoms with van der Waals surface area (Å²) >= 11 is 2.36. The molecule has 1 saturated heterocycles. The highest BCUT2D eigenvalue weighted by atomic mass is 32.2. The maximum Gasteiger partial charge on any atom is 0.305 e. The molecule has 0 spiro atoms. The largest absolute Gasteiger partial charge is 0.497 e. The maximum absolute atomic E-state index is 12.3. The topological polar surface area (TPSA) is 88.3 Å². The number of nitrogens with one attached hydrogen (secondary N) is 2. The molecule has 0 radical (unpaired) electrons. The third-order valence-corrected chi connectivity index (χ3v) is 6.55. The third-order valence-electron chi connectivity index (χ3n) is 4.14. The van der Waals surface area contributed by atoms with Crippen LogP contribution in [-0.2, 0) is 9.59 Å². The minimum atomic E-state index is -0.507. The molecule has 23 heavy (non-hydrogen) atoms. The summed E-state index contributed by atoms with van der Waals surface area (Å²) in [6.45, 7) is 0. The Hall–Kier alpha value is -2.06. The van der Waals surface area contributed by atoms with Crippen LogP contribution < -0.4 is 14.9 Å². The lowest BCUT2D eigenvalue weighted by atomic mass is 9.83. The predicted molar refractivity (Wildman–Crippen MR) is 86.1 cm³/mol. The Kier molecular flexibility index (Phi) is 3.31. The van der Waals surface area contributed by atoms with Gasteiger partial charge in [-0.2, -0.15) is 0 Å². The van der Waals surface area contributed by atoms with Crippen LogP contribution in [0.25, 0.3) is 0 Å². The van der Waals surface area contributed by atoms with E-state index in [1.807, 2.05) is 24.3 Å². The van der Waals surface area contributed by atoms with Gasteiger partial charge in [0, 0.05) is 10.8 Å². The first-order chi connectivity index (χ1) is 11.1. The number of aromatic nitrogens is 1. The highest BCUT2D eigenvalue weighted by Crippen LogP contribution is 2.50. The molecule has 6 nitrogen and oxygen atoms in total. The van der Waals surface area contributed by atoms with Gasteiger partial charge < -0.3 is 9.72 Å². The zero-order valence-corrected chi connectivity index (χ0v) is 13.6. The van der Waals surface area contributed by atoms with Crippen molar-refractivity contribution in [2.75, 3.05) is 7.11 Å². The molecule has 2 amide bonds. The number of amides is 2. The van der Waals surface area contributed by atoms with Crippen molar-refractivity contribution in [3.05, 3.63) is 44.4 Å². The van der Waals surface area contributed by atoms with Crippen molar-refractivity contribution < 1.29 is 14.3 Å². The number of rotatable bonds is 2. The van der Waals surface area contributed by atoms with Crippen LogP contribution in [0, 0.1) is 5.92 Å². The molecule has 0 saturated carbocycles. The Morgan fingerprint density at radius 2 is 1.83 bits per heavy atom. The van der Waals surface area contributed by atoms with E-state index in [1.54, 1.807) is 7.11 Å². The van der Waals surface area contributed by atoms with E-state index in [4.69, 9.17) is 4.74 Å². The molecule has 0 bridgehead atoms. The molecule has 8 heteroatoms. The third kappa shape index (κ3) is 2.21. The highest BCUT2D eigenvalue weighted by molar-refractivity contribution is 8.00. The number of hydrogen-bond donors (Lipinski definition) is 2. The van der Waals surface area contributed by atoms with E-state index < -0.39 is 11.2 Å². The SMILES string of the molecule is COc1ccc([C@@H]2c3sc(=O)[nH]c3S[C@@H]3C(=O)NC(=O)[C@@H]23)cc1. The van der Waals surface area contributed by atoms with Gasteiger partial charge in [0.1, 0.15) is 11.0 Å². The number of H-pyrrole nitrogens is 1. The van der Waals surface area contributed by atoms with E-state index in [2.05, 4.69) is 10.3 Å². The van der Waals surface area contributed by atoms with Gasteiger partial charge in [-0.25, -0.2) is 0 Å². The number of carbonyl (C=O) groups excluding carboxylic acids is 2. The fourth-order valence-electron chi connectivity index (χ4n) is 3.11. The Morgan fingerprint density at radius 3 is 2.52 bits per heavy atom. The molecular weight excluding hydrogens is 336 g/mol. The van der Waals surface area contributed by atoms with Crippen LogP contribution in [0.5, 0.6) is 5.75 Å². The molecule has 2 aliphatic heterocycles. The first kappa shape index (κ1) is 14.5. The average molecular weight is 348 g/mol. The number of thiazole rings is 1. The number of ether oxygens (including phenoxy) is 1. The number of thioether (sulfide) groups is 1. The molecule has 2 aliphatic rings. The molecule has 2 N–H and O–H groups in total. The van der Waals surface area contributed by atoms with Gasteiger partial charge in [0.15, 0.2) is 0 Å². The smallest absolute Gasteiger partial charge is 0.305 e. The fraction of sp³-hybridized carbons (Fsp3) is 0.267. The van der Waals surface area contributed by atoms with E-state index in [0.29, 0.717) is 10.8 Å². The van der Waals surface area contributed by atoms with Crippen LogP contribution in [-0.4, -0.2) is 29.2 Å². The molecule has 0 aliphatic carbocycles. The average Bonchev–Trinajstić information content (AvgIpc) is 3.05. The van der Waals surface area contributed by atoms with E-state index in [9.17, 15) is 14.4 Å². The quantitative estimate of drug-likeness (QED) is 0.799. The molecular formula is C15H12N2O4S2. The summed E-state index contributed by atoms with van der Waals surface area (Å²) in [5.74, 6) is -0.664. The number of hydrogen-bond acceptors (Lipinski definition) is 6. The number of imide groups is 1. The lowest BCUT2D eigenvalue weighted by Crippen LogP contribution is -2.31. The zero-order valence-electron chi connectivity index (χ0n) is 12.0. The second-order valence-electron chi connectivity index (χ2n) is 5.38. The molecule has 1 aromatic carbocycles. The standard InChI is InChI=1S/C15H12N2O4S2/c1-21-7-4-2-6(3-5-7)8-9-10(13(19)16-12(9)18)22-14-11(8)23-15(20)17-14/h2-5,8-10H,1H3,(H,17,20)(H,16,18,19)/t8-,9-,10-/m0/s1. The molecule has 3 atom stereocenters. The van der Waals surface area contributed by atoms with Crippen molar-refractivity contribution in [2.45, 2.75) is 16.2 Å². The van der Waals surface area contributed by atoms with Crippen LogP contribution in [0.1, 0.15) is 16.4 Å². The summed E-state index contributed by atoms with van der Waals surface area (Å²) in [6.07, 6.45) is 0. The number of benzene rings is 1. The van der Waals surface area contributed by atoms with E-state index in [1.165, 1.54) is 11.8 Å². The van der Waals surface area contributed by atoms with Crippen LogP contribution in [0.15, 0.2) is 34.1 Å². The van der Waals surface area contributed by atoms with Gasteiger partial charge in [0.2, 0.25) is 11.8 Å². The van der Waals surface area contributed by atoms with Crippen molar-refractivity contribution in [1.82, 2.24) is 10.3 Å². The van der Waals surface area contributed by atoms with Crippen molar-refractivity contribution in [3.8, 4) is 5.75 Å². The molecule has 1 fully saturated rings. The monoisotopic (exact) mass is 348 g/mol. The lowest BCUT2D eigenvalue weighted by molar-refractivity contribution is -0.125. The van der Waals surface area contributed by atoms with Gasteiger partial charge in [-0.05, 0) is 17.7 Å². The van der Waals surface area contributed by atoms with Crippen LogP contribution in [0.3, 0.4) is 0 Å². The zero-order chi connectivity index (χ0) is 16.1. The fourth-order valence-corrected chi connectivity index (χ4v) is 5.59.